The molecule has 0 fully saturated rings. The summed E-state index contributed by atoms with van der Waals surface area (Å²) in [6, 6.07) is 19.8. The van der Waals surface area contributed by atoms with Crippen LogP contribution in [0.4, 0.5) is 0 Å². The van der Waals surface area contributed by atoms with Gasteiger partial charge in [-0.15, -0.1) is 0 Å². The van der Waals surface area contributed by atoms with E-state index < -0.39 is 17.9 Å². The summed E-state index contributed by atoms with van der Waals surface area (Å²) in [6.07, 6.45) is 0.232. The summed E-state index contributed by atoms with van der Waals surface area (Å²) in [7, 11) is 0. The lowest BCUT2D eigenvalue weighted by molar-refractivity contribution is -0.124. The third-order valence-corrected chi connectivity index (χ3v) is 4.88. The lowest BCUT2D eigenvalue weighted by Crippen LogP contribution is -2.44. The number of hydrogen-bond acceptors (Lipinski definition) is 6. The maximum atomic E-state index is 12.2. The Hall–Kier alpha value is -3.96. The minimum absolute atomic E-state index is 0.0333. The Morgan fingerprint density at radius 3 is 2.39 bits per heavy atom. The summed E-state index contributed by atoms with van der Waals surface area (Å²) >= 11 is 0. The molecule has 0 aliphatic carbocycles. The van der Waals surface area contributed by atoms with Crippen LogP contribution >= 0.6 is 0 Å². The van der Waals surface area contributed by atoms with E-state index in [4.69, 9.17) is 21.3 Å². The number of carbonyl (C=O) groups is 2. The smallest absolute Gasteiger partial charge is 0.234 e. The van der Waals surface area contributed by atoms with Crippen molar-refractivity contribution >= 4 is 11.8 Å². The zero-order valence-electron chi connectivity index (χ0n) is 16.9. The van der Waals surface area contributed by atoms with Crippen molar-refractivity contribution in [1.29, 1.82) is 5.26 Å². The maximum absolute atomic E-state index is 12.2. The fourth-order valence-electron chi connectivity index (χ4n) is 3.31. The summed E-state index contributed by atoms with van der Waals surface area (Å²) in [6.45, 7) is 0.647. The van der Waals surface area contributed by atoms with Crippen LogP contribution in [0.15, 0.2) is 65.2 Å². The van der Waals surface area contributed by atoms with Crippen molar-refractivity contribution in [3.63, 3.8) is 0 Å². The van der Waals surface area contributed by atoms with Crippen molar-refractivity contribution in [2.75, 3.05) is 0 Å². The molecule has 8 nitrogen and oxygen atoms in total. The minimum atomic E-state index is -0.722. The molecule has 0 saturated heterocycles. The van der Waals surface area contributed by atoms with Crippen molar-refractivity contribution in [1.82, 2.24) is 10.1 Å². The van der Waals surface area contributed by atoms with E-state index in [2.05, 4.69) is 11.2 Å². The average molecular weight is 417 g/mol. The van der Waals surface area contributed by atoms with E-state index >= 15 is 0 Å². The van der Waals surface area contributed by atoms with Crippen LogP contribution in [-0.4, -0.2) is 27.9 Å². The highest BCUT2D eigenvalue weighted by Gasteiger charge is 2.26. The quantitative estimate of drug-likeness (QED) is 0.519. The fourth-order valence-corrected chi connectivity index (χ4v) is 3.31. The molecule has 3 rings (SSSR count). The Morgan fingerprint density at radius 2 is 1.77 bits per heavy atom. The summed E-state index contributed by atoms with van der Waals surface area (Å²) in [5.41, 5.74) is 13.9. The molecule has 8 heteroatoms. The highest BCUT2D eigenvalue weighted by molar-refractivity contribution is 5.81. The van der Waals surface area contributed by atoms with E-state index in [0.29, 0.717) is 23.6 Å². The third-order valence-electron chi connectivity index (χ3n) is 4.88. The highest BCUT2D eigenvalue weighted by atomic mass is 16.5. The summed E-state index contributed by atoms with van der Waals surface area (Å²) < 4.78 is 5.47. The van der Waals surface area contributed by atoms with Crippen molar-refractivity contribution in [2.24, 2.45) is 11.5 Å². The van der Waals surface area contributed by atoms with Gasteiger partial charge in [0.2, 0.25) is 11.8 Å². The molecule has 1 unspecified atom stereocenters. The molecule has 31 heavy (non-hydrogen) atoms. The average Bonchev–Trinajstić information content (AvgIpc) is 3.23. The van der Waals surface area contributed by atoms with Crippen molar-refractivity contribution < 1.29 is 14.1 Å². The van der Waals surface area contributed by atoms with Gasteiger partial charge in [-0.2, -0.15) is 5.26 Å². The molecule has 0 saturated carbocycles. The van der Waals surface area contributed by atoms with Gasteiger partial charge in [0.25, 0.3) is 0 Å². The van der Waals surface area contributed by atoms with Gasteiger partial charge >= 0.3 is 0 Å². The molecule has 0 aliphatic rings. The van der Waals surface area contributed by atoms with Crippen molar-refractivity contribution in [3.8, 4) is 17.4 Å². The van der Waals surface area contributed by atoms with E-state index in [-0.39, 0.29) is 19.4 Å². The number of hydrogen-bond donors (Lipinski definition) is 2. The van der Waals surface area contributed by atoms with Gasteiger partial charge < -0.3 is 16.0 Å². The number of nitrogens with zero attached hydrogens (tertiary/aromatic N) is 3. The summed E-state index contributed by atoms with van der Waals surface area (Å²) in [5, 5.41) is 13.1. The summed E-state index contributed by atoms with van der Waals surface area (Å²) in [5.74, 6) is -0.444. The number of aromatic nitrogens is 1. The number of carbonyl (C=O) groups excluding carboxylic acids is 2. The number of rotatable bonds is 10. The first-order valence-corrected chi connectivity index (χ1v) is 9.78. The van der Waals surface area contributed by atoms with Crippen LogP contribution in [0.1, 0.15) is 29.7 Å². The van der Waals surface area contributed by atoms with Gasteiger partial charge in [-0.1, -0.05) is 47.6 Å². The molecule has 2 amide bonds. The normalized spacial score (nSPS) is 11.7. The molecule has 2 aromatic carbocycles. The maximum Gasteiger partial charge on any atom is 0.234 e. The zero-order chi connectivity index (χ0) is 22.2. The van der Waals surface area contributed by atoms with Gasteiger partial charge in [0, 0.05) is 31.1 Å². The predicted octanol–water partition coefficient (Wildman–Crippen LogP) is 2.33. The molecule has 1 heterocycles. The lowest BCUT2D eigenvalue weighted by Gasteiger charge is -2.28. The Balaban J connectivity index is 1.85. The first-order valence-electron chi connectivity index (χ1n) is 9.78. The van der Waals surface area contributed by atoms with Crippen molar-refractivity contribution in [3.05, 3.63) is 77.5 Å². The number of nitriles is 1. The van der Waals surface area contributed by atoms with Crippen LogP contribution in [0.5, 0.6) is 0 Å². The standard InChI is InChI=1S/C23H23N5O3/c24-13-16-6-8-17(9-7-16)14-28(20(23(26)30)10-11-22(25)29)15-19-12-21(31-27-19)18-4-2-1-3-5-18/h1-9,12,20H,10-11,14-15H2,(H2,25,29)(H2,26,30). The fraction of sp³-hybridized carbons (Fsp3) is 0.217. The second kappa shape index (κ2) is 10.2. The second-order valence-corrected chi connectivity index (χ2v) is 7.19. The predicted molar refractivity (Wildman–Crippen MR) is 114 cm³/mol. The number of primary amides is 2. The molecule has 0 aliphatic heterocycles. The monoisotopic (exact) mass is 417 g/mol. The van der Waals surface area contributed by atoms with Gasteiger partial charge in [0.1, 0.15) is 0 Å². The SMILES string of the molecule is N#Cc1ccc(CN(Cc2cc(-c3ccccc3)on2)C(CCC(N)=O)C(N)=O)cc1. The second-order valence-electron chi connectivity index (χ2n) is 7.19. The molecule has 4 N–H and O–H groups in total. The molecular formula is C23H23N5O3. The Morgan fingerprint density at radius 1 is 1.06 bits per heavy atom. The highest BCUT2D eigenvalue weighted by Crippen LogP contribution is 2.22. The van der Waals surface area contributed by atoms with Gasteiger partial charge in [-0.3, -0.25) is 14.5 Å². The first kappa shape index (κ1) is 21.7. The van der Waals surface area contributed by atoms with E-state index in [9.17, 15) is 9.59 Å². The first-order chi connectivity index (χ1) is 15.0. The van der Waals surface area contributed by atoms with Crippen LogP contribution in [0, 0.1) is 11.3 Å². The molecule has 1 aromatic heterocycles. The molecular weight excluding hydrogens is 394 g/mol. The largest absolute Gasteiger partial charge is 0.370 e. The number of benzene rings is 2. The van der Waals surface area contributed by atoms with E-state index in [1.54, 1.807) is 12.1 Å². The molecule has 0 radical (unpaired) electrons. The lowest BCUT2D eigenvalue weighted by atomic mass is 10.1. The molecule has 0 bridgehead atoms. The molecule has 0 spiro atoms. The van der Waals surface area contributed by atoms with E-state index in [0.717, 1.165) is 11.1 Å². The minimum Gasteiger partial charge on any atom is -0.370 e. The van der Waals surface area contributed by atoms with Crippen LogP contribution in [0.2, 0.25) is 0 Å². The number of nitrogens with two attached hydrogens (primary N) is 2. The Labute approximate surface area is 180 Å². The third kappa shape index (κ3) is 6.01. The van der Waals surface area contributed by atoms with Gasteiger partial charge in [0.05, 0.1) is 23.4 Å². The summed E-state index contributed by atoms with van der Waals surface area (Å²) in [4.78, 5) is 25.3. The van der Waals surface area contributed by atoms with Gasteiger partial charge in [0.15, 0.2) is 5.76 Å². The van der Waals surface area contributed by atoms with Crippen molar-refractivity contribution in [2.45, 2.75) is 32.0 Å². The Bertz CT molecular complexity index is 1070. The van der Waals surface area contributed by atoms with E-state index in [1.165, 1.54) is 0 Å². The van der Waals surface area contributed by atoms with Crippen LogP contribution in [-0.2, 0) is 22.7 Å². The molecule has 1 atom stereocenters. The molecule has 158 valence electrons. The van der Waals surface area contributed by atoms with Gasteiger partial charge in [-0.05, 0) is 24.1 Å². The van der Waals surface area contributed by atoms with E-state index in [1.807, 2.05) is 53.4 Å². The molecule has 3 aromatic rings. The van der Waals surface area contributed by atoms with Crippen LogP contribution in [0.3, 0.4) is 0 Å². The number of amides is 2. The van der Waals surface area contributed by atoms with Crippen LogP contribution < -0.4 is 11.5 Å². The van der Waals surface area contributed by atoms with Gasteiger partial charge in [-0.25, -0.2) is 0 Å². The zero-order valence-corrected chi connectivity index (χ0v) is 16.9. The Kier molecular flexibility index (Phi) is 7.14. The topological polar surface area (TPSA) is 139 Å². The van der Waals surface area contributed by atoms with Crippen LogP contribution in [0.25, 0.3) is 11.3 Å².